The Hall–Kier alpha value is -4.37. The van der Waals surface area contributed by atoms with Crippen molar-refractivity contribution in [3.8, 4) is 11.4 Å². The van der Waals surface area contributed by atoms with Crippen LogP contribution in [0.5, 0.6) is 5.75 Å². The number of carbonyl (C=O) groups excluding carboxylic acids is 2. The minimum Gasteiger partial charge on any atom is -0.505 e. The summed E-state index contributed by atoms with van der Waals surface area (Å²) in [7, 11) is 2.40. The van der Waals surface area contributed by atoms with Gasteiger partial charge in [-0.2, -0.15) is 0 Å². The number of phenolic OH excluding ortho intramolecular Hbond substituents is 1. The Balaban J connectivity index is 1.59. The standard InChI is InChI=1S/C27H25ClN4O5/c1-4-31(20-11-8-17(9-12-20)14-21(26(34)36-2)27(35)37-3)16-18-6-5-7-24(25(18)33)32-29-22-13-10-19(28)15-23(22)30-32/h5-15,33H,4,16H2,1-3H3. The number of carbonyl (C=O) groups is 2. The van der Waals surface area contributed by atoms with E-state index in [4.69, 9.17) is 11.6 Å². The summed E-state index contributed by atoms with van der Waals surface area (Å²) in [5.41, 5.74) is 3.77. The molecule has 4 rings (SSSR count). The first-order chi connectivity index (χ1) is 17.8. The summed E-state index contributed by atoms with van der Waals surface area (Å²) in [5, 5.41) is 20.5. The van der Waals surface area contributed by atoms with Crippen LogP contribution in [0.15, 0.2) is 66.2 Å². The lowest BCUT2D eigenvalue weighted by atomic mass is 10.1. The van der Waals surface area contributed by atoms with E-state index < -0.39 is 11.9 Å². The number of nitrogens with zero attached hydrogens (tertiary/aromatic N) is 4. The molecule has 0 bridgehead atoms. The number of hydrogen-bond donors (Lipinski definition) is 1. The molecule has 3 aromatic carbocycles. The van der Waals surface area contributed by atoms with E-state index in [0.29, 0.717) is 46.0 Å². The first-order valence-electron chi connectivity index (χ1n) is 11.4. The van der Waals surface area contributed by atoms with Crippen molar-refractivity contribution >= 4 is 46.3 Å². The number of hydrogen-bond acceptors (Lipinski definition) is 8. The molecule has 0 unspecified atom stereocenters. The zero-order valence-electron chi connectivity index (χ0n) is 20.5. The van der Waals surface area contributed by atoms with Crippen molar-refractivity contribution in [3.63, 3.8) is 0 Å². The third-order valence-corrected chi connectivity index (χ3v) is 6.01. The highest BCUT2D eigenvalue weighted by molar-refractivity contribution is 6.31. The Morgan fingerprint density at radius 3 is 2.32 bits per heavy atom. The summed E-state index contributed by atoms with van der Waals surface area (Å²) in [6.45, 7) is 3.09. The number of rotatable bonds is 8. The van der Waals surface area contributed by atoms with Gasteiger partial charge in [0.2, 0.25) is 0 Å². The van der Waals surface area contributed by atoms with Gasteiger partial charge in [0.05, 0.1) is 14.2 Å². The lowest BCUT2D eigenvalue weighted by molar-refractivity contribution is -0.143. The van der Waals surface area contributed by atoms with Crippen LogP contribution < -0.4 is 4.90 Å². The van der Waals surface area contributed by atoms with E-state index in [1.54, 1.807) is 36.4 Å². The maximum absolute atomic E-state index is 11.9. The van der Waals surface area contributed by atoms with Gasteiger partial charge in [-0.05, 0) is 55.0 Å². The highest BCUT2D eigenvalue weighted by Gasteiger charge is 2.20. The van der Waals surface area contributed by atoms with Gasteiger partial charge >= 0.3 is 11.9 Å². The minimum absolute atomic E-state index is 0.0766. The Morgan fingerprint density at radius 1 is 1.00 bits per heavy atom. The molecule has 0 radical (unpaired) electrons. The van der Waals surface area contributed by atoms with Crippen LogP contribution >= 0.6 is 11.6 Å². The Kier molecular flexibility index (Phi) is 7.74. The van der Waals surface area contributed by atoms with Crippen LogP contribution in [-0.4, -0.2) is 52.8 Å². The quantitative estimate of drug-likeness (QED) is 0.156. The molecule has 4 aromatic rings. The third kappa shape index (κ3) is 5.57. The van der Waals surface area contributed by atoms with Crippen molar-refractivity contribution < 1.29 is 24.2 Å². The monoisotopic (exact) mass is 520 g/mol. The van der Waals surface area contributed by atoms with Crippen molar-refractivity contribution in [1.82, 2.24) is 15.0 Å². The summed E-state index contributed by atoms with van der Waals surface area (Å²) < 4.78 is 9.34. The number of esters is 2. The number of aromatic nitrogens is 3. The van der Waals surface area contributed by atoms with Crippen LogP contribution in [0, 0.1) is 0 Å². The molecule has 190 valence electrons. The van der Waals surface area contributed by atoms with Crippen molar-refractivity contribution in [1.29, 1.82) is 0 Å². The molecule has 0 saturated carbocycles. The molecule has 0 fully saturated rings. The molecule has 1 aromatic heterocycles. The van der Waals surface area contributed by atoms with Gasteiger partial charge in [-0.15, -0.1) is 15.0 Å². The van der Waals surface area contributed by atoms with Crippen LogP contribution in [0.1, 0.15) is 18.1 Å². The van der Waals surface area contributed by atoms with E-state index in [9.17, 15) is 14.7 Å². The van der Waals surface area contributed by atoms with E-state index in [-0.39, 0.29) is 11.3 Å². The van der Waals surface area contributed by atoms with Crippen molar-refractivity contribution in [2.45, 2.75) is 13.5 Å². The number of phenols is 1. The number of aromatic hydroxyl groups is 1. The average Bonchev–Trinajstić information content (AvgIpc) is 3.33. The van der Waals surface area contributed by atoms with Gasteiger partial charge < -0.3 is 19.5 Å². The van der Waals surface area contributed by atoms with E-state index in [1.165, 1.54) is 25.1 Å². The predicted molar refractivity (Wildman–Crippen MR) is 141 cm³/mol. The van der Waals surface area contributed by atoms with Gasteiger partial charge in [0.25, 0.3) is 0 Å². The second-order valence-electron chi connectivity index (χ2n) is 8.05. The van der Waals surface area contributed by atoms with Crippen molar-refractivity contribution in [2.24, 2.45) is 0 Å². The molecule has 9 nitrogen and oxygen atoms in total. The van der Waals surface area contributed by atoms with Gasteiger partial charge in [0, 0.05) is 29.4 Å². The Bertz CT molecular complexity index is 1460. The molecule has 0 atom stereocenters. The van der Waals surface area contributed by atoms with Crippen LogP contribution in [0.2, 0.25) is 5.02 Å². The van der Waals surface area contributed by atoms with E-state index in [2.05, 4.69) is 24.6 Å². The topological polar surface area (TPSA) is 107 Å². The molecule has 0 aliphatic carbocycles. The number of benzene rings is 3. The number of fused-ring (bicyclic) bond motifs is 1. The first-order valence-corrected chi connectivity index (χ1v) is 11.8. The lowest BCUT2D eigenvalue weighted by Crippen LogP contribution is -2.22. The fraction of sp³-hybridized carbons (Fsp3) is 0.185. The van der Waals surface area contributed by atoms with Crippen LogP contribution in [-0.2, 0) is 25.6 Å². The second kappa shape index (κ2) is 11.1. The zero-order valence-corrected chi connectivity index (χ0v) is 21.3. The highest BCUT2D eigenvalue weighted by Crippen LogP contribution is 2.29. The van der Waals surface area contributed by atoms with Gasteiger partial charge in [-0.25, -0.2) is 9.59 Å². The molecule has 10 heteroatoms. The minimum atomic E-state index is -0.774. The molecule has 0 amide bonds. The SMILES string of the molecule is CCN(Cc1cccc(-n2nc3ccc(Cl)cc3n2)c1O)c1ccc(C=C(C(=O)OC)C(=O)OC)cc1. The summed E-state index contributed by atoms with van der Waals surface area (Å²) in [6, 6.07) is 18.0. The smallest absolute Gasteiger partial charge is 0.345 e. The van der Waals surface area contributed by atoms with Crippen molar-refractivity contribution in [3.05, 3.63) is 82.4 Å². The average molecular weight is 521 g/mol. The fourth-order valence-corrected chi connectivity index (χ4v) is 3.99. The summed E-state index contributed by atoms with van der Waals surface area (Å²) >= 11 is 6.06. The Morgan fingerprint density at radius 2 is 1.68 bits per heavy atom. The van der Waals surface area contributed by atoms with E-state index in [1.807, 2.05) is 31.2 Å². The van der Waals surface area contributed by atoms with Crippen molar-refractivity contribution in [2.75, 3.05) is 25.7 Å². The number of methoxy groups -OCH3 is 2. The molecule has 0 spiro atoms. The molecule has 0 aliphatic heterocycles. The largest absolute Gasteiger partial charge is 0.505 e. The first kappa shape index (κ1) is 25.7. The molecular weight excluding hydrogens is 496 g/mol. The normalized spacial score (nSPS) is 10.7. The van der Waals surface area contributed by atoms with Gasteiger partial charge in [-0.3, -0.25) is 0 Å². The van der Waals surface area contributed by atoms with Crippen LogP contribution in [0.3, 0.4) is 0 Å². The van der Waals surface area contributed by atoms with Gasteiger partial charge in [0.1, 0.15) is 28.0 Å². The number of anilines is 1. The van der Waals surface area contributed by atoms with Crippen LogP contribution in [0.25, 0.3) is 22.8 Å². The lowest BCUT2D eigenvalue weighted by Gasteiger charge is -2.24. The van der Waals surface area contributed by atoms with Gasteiger partial charge in [0.15, 0.2) is 0 Å². The molecule has 37 heavy (non-hydrogen) atoms. The zero-order chi connectivity index (χ0) is 26.5. The summed E-state index contributed by atoms with van der Waals surface area (Å²) in [4.78, 5) is 27.3. The maximum Gasteiger partial charge on any atom is 0.345 e. The number of halogens is 1. The fourth-order valence-electron chi connectivity index (χ4n) is 3.82. The predicted octanol–water partition coefficient (Wildman–Crippen LogP) is 4.54. The maximum atomic E-state index is 11.9. The molecular formula is C27H25ClN4O5. The van der Waals surface area contributed by atoms with E-state index >= 15 is 0 Å². The number of para-hydroxylation sites is 1. The highest BCUT2D eigenvalue weighted by atomic mass is 35.5. The molecule has 0 saturated heterocycles. The van der Waals surface area contributed by atoms with E-state index in [0.717, 1.165) is 5.69 Å². The van der Waals surface area contributed by atoms with Gasteiger partial charge in [-0.1, -0.05) is 35.9 Å². The third-order valence-electron chi connectivity index (χ3n) is 5.78. The Labute approximate surface area is 218 Å². The second-order valence-corrected chi connectivity index (χ2v) is 8.49. The van der Waals surface area contributed by atoms with Crippen LogP contribution in [0.4, 0.5) is 5.69 Å². The summed E-state index contributed by atoms with van der Waals surface area (Å²) in [5.74, 6) is -1.47. The molecule has 1 heterocycles. The summed E-state index contributed by atoms with van der Waals surface area (Å²) in [6.07, 6.45) is 1.42. The number of ether oxygens (including phenoxy) is 2. The molecule has 1 N–H and O–H groups in total. The molecule has 0 aliphatic rings.